The third-order valence-electron chi connectivity index (χ3n) is 3.56. The highest BCUT2D eigenvalue weighted by molar-refractivity contribution is 7.13. The molecule has 3 heterocycles. The van der Waals surface area contributed by atoms with Crippen LogP contribution in [-0.2, 0) is 0 Å². The van der Waals surface area contributed by atoms with Gasteiger partial charge in [0.05, 0.1) is 10.4 Å². The molecule has 3 aromatic heterocycles. The summed E-state index contributed by atoms with van der Waals surface area (Å²) in [5.41, 5.74) is 1.18. The summed E-state index contributed by atoms with van der Waals surface area (Å²) >= 11 is 1.32. The Morgan fingerprint density at radius 2 is 1.81 bits per heavy atom. The highest BCUT2D eigenvalue weighted by atomic mass is 32.1. The summed E-state index contributed by atoms with van der Waals surface area (Å²) in [6.45, 7) is 0. The van der Waals surface area contributed by atoms with Gasteiger partial charge in [-0.15, -0.1) is 11.3 Å². The average Bonchev–Trinajstić information content (AvgIpc) is 3.15. The molecule has 0 saturated carbocycles. The van der Waals surface area contributed by atoms with Crippen molar-refractivity contribution in [1.29, 1.82) is 0 Å². The van der Waals surface area contributed by atoms with Crippen LogP contribution in [0.3, 0.4) is 0 Å². The Kier molecular flexibility index (Phi) is 4.07. The van der Waals surface area contributed by atoms with Gasteiger partial charge in [-0.1, -0.05) is 6.07 Å². The van der Waals surface area contributed by atoms with Gasteiger partial charge < -0.3 is 10.6 Å². The van der Waals surface area contributed by atoms with E-state index in [1.807, 2.05) is 24.3 Å². The van der Waals surface area contributed by atoms with Gasteiger partial charge in [-0.3, -0.25) is 15.1 Å². The topological polar surface area (TPSA) is 119 Å². The first kappa shape index (κ1) is 15.8. The van der Waals surface area contributed by atoms with Crippen LogP contribution in [0.1, 0.15) is 0 Å². The monoisotopic (exact) mass is 365 g/mol. The first-order valence-corrected chi connectivity index (χ1v) is 8.37. The quantitative estimate of drug-likeness (QED) is 0.404. The van der Waals surface area contributed by atoms with E-state index in [9.17, 15) is 10.1 Å². The molecule has 0 aliphatic heterocycles. The van der Waals surface area contributed by atoms with Crippen molar-refractivity contribution in [2.45, 2.75) is 0 Å². The molecule has 0 amide bonds. The number of nitrogens with one attached hydrogen (secondary N) is 2. The molecule has 1 aromatic carbocycles. The summed E-state index contributed by atoms with van der Waals surface area (Å²) in [7, 11) is 0. The molecule has 128 valence electrons. The molecule has 0 atom stereocenters. The molecule has 4 aromatic rings. The minimum Gasteiger partial charge on any atom is -0.334 e. The number of nitrogens with zero attached hydrogens (tertiary/aromatic N) is 5. The highest BCUT2D eigenvalue weighted by Gasteiger charge is 2.24. The van der Waals surface area contributed by atoms with Crippen molar-refractivity contribution in [3.63, 3.8) is 0 Å². The van der Waals surface area contributed by atoms with Crippen LogP contribution in [0, 0.1) is 10.1 Å². The van der Waals surface area contributed by atoms with Crippen LogP contribution in [0.15, 0.2) is 54.4 Å². The normalized spacial score (nSPS) is 10.6. The molecule has 9 nitrogen and oxygen atoms in total. The van der Waals surface area contributed by atoms with Crippen LogP contribution >= 0.6 is 11.3 Å². The SMILES string of the molecule is O=[N+]([O-])c1c(Nc2nccs2)ncnc1Nc1cccc2ncccc12. The molecule has 0 spiro atoms. The van der Waals surface area contributed by atoms with Crippen LogP contribution in [-0.4, -0.2) is 24.9 Å². The number of pyridine rings is 1. The van der Waals surface area contributed by atoms with Crippen LogP contribution < -0.4 is 10.6 Å². The van der Waals surface area contributed by atoms with Crippen LogP contribution in [0.25, 0.3) is 10.9 Å². The van der Waals surface area contributed by atoms with E-state index in [4.69, 9.17) is 0 Å². The number of benzene rings is 1. The average molecular weight is 365 g/mol. The number of aromatic nitrogens is 4. The van der Waals surface area contributed by atoms with Crippen molar-refractivity contribution < 1.29 is 4.92 Å². The summed E-state index contributed by atoms with van der Waals surface area (Å²) in [6, 6.07) is 9.18. The van der Waals surface area contributed by atoms with Gasteiger partial charge in [0.15, 0.2) is 5.13 Å². The zero-order chi connectivity index (χ0) is 17.9. The number of hydrogen-bond donors (Lipinski definition) is 2. The molecule has 4 rings (SSSR count). The summed E-state index contributed by atoms with van der Waals surface area (Å²) in [5.74, 6) is 0.154. The standard InChI is InChI=1S/C16H11N7O2S/c24-23(25)13-14(19-9-20-15(13)22-16-18-7-8-26-16)21-12-5-1-4-11-10(12)3-2-6-17-11/h1-9H,(H2,18,19,20,21,22). The minimum absolute atomic E-state index is 0.0702. The Morgan fingerprint density at radius 3 is 2.58 bits per heavy atom. The van der Waals surface area contributed by atoms with E-state index < -0.39 is 4.92 Å². The summed E-state index contributed by atoms with van der Waals surface area (Å²) < 4.78 is 0. The van der Waals surface area contributed by atoms with Crippen LogP contribution in [0.4, 0.5) is 28.1 Å². The second kappa shape index (κ2) is 6.69. The van der Waals surface area contributed by atoms with E-state index in [0.29, 0.717) is 10.8 Å². The van der Waals surface area contributed by atoms with Gasteiger partial charge in [0.25, 0.3) is 0 Å². The molecule has 0 aliphatic carbocycles. The Hall–Kier alpha value is -3.66. The van der Waals surface area contributed by atoms with E-state index in [1.165, 1.54) is 17.7 Å². The number of fused-ring (bicyclic) bond motifs is 1. The van der Waals surface area contributed by atoms with Gasteiger partial charge >= 0.3 is 5.69 Å². The zero-order valence-electron chi connectivity index (χ0n) is 13.2. The fraction of sp³-hybridized carbons (Fsp3) is 0. The molecule has 0 aliphatic rings. The van der Waals surface area contributed by atoms with Crippen molar-refractivity contribution in [1.82, 2.24) is 19.9 Å². The molecule has 0 radical (unpaired) electrons. The predicted octanol–water partition coefficient (Wildman–Crippen LogP) is 3.88. The summed E-state index contributed by atoms with van der Waals surface area (Å²) in [5, 5.41) is 20.6. The lowest BCUT2D eigenvalue weighted by atomic mass is 10.2. The maximum atomic E-state index is 11.6. The van der Waals surface area contributed by atoms with E-state index in [-0.39, 0.29) is 17.3 Å². The van der Waals surface area contributed by atoms with E-state index in [0.717, 1.165) is 10.9 Å². The van der Waals surface area contributed by atoms with Crippen molar-refractivity contribution in [3.8, 4) is 0 Å². The van der Waals surface area contributed by atoms with E-state index in [1.54, 1.807) is 23.8 Å². The molecular formula is C16H11N7O2S. The van der Waals surface area contributed by atoms with Gasteiger partial charge in [-0.25, -0.2) is 15.0 Å². The lowest BCUT2D eigenvalue weighted by Crippen LogP contribution is -2.05. The zero-order valence-corrected chi connectivity index (χ0v) is 14.0. The van der Waals surface area contributed by atoms with Gasteiger partial charge in [0.2, 0.25) is 11.6 Å². The van der Waals surface area contributed by atoms with E-state index >= 15 is 0 Å². The molecule has 0 unspecified atom stereocenters. The van der Waals surface area contributed by atoms with Crippen molar-refractivity contribution >= 4 is 50.4 Å². The van der Waals surface area contributed by atoms with Gasteiger partial charge in [-0.2, -0.15) is 0 Å². The number of thiazole rings is 1. The molecule has 2 N–H and O–H groups in total. The lowest BCUT2D eigenvalue weighted by molar-refractivity contribution is -0.383. The molecular weight excluding hydrogens is 354 g/mol. The Bertz CT molecular complexity index is 1080. The number of anilines is 4. The van der Waals surface area contributed by atoms with Gasteiger partial charge in [-0.05, 0) is 24.3 Å². The number of hydrogen-bond acceptors (Lipinski definition) is 9. The third kappa shape index (κ3) is 3.00. The van der Waals surface area contributed by atoms with E-state index in [2.05, 4.69) is 30.6 Å². The highest BCUT2D eigenvalue weighted by Crippen LogP contribution is 2.34. The maximum absolute atomic E-state index is 11.6. The fourth-order valence-electron chi connectivity index (χ4n) is 2.46. The van der Waals surface area contributed by atoms with Crippen molar-refractivity contribution in [3.05, 3.63) is 64.5 Å². The van der Waals surface area contributed by atoms with Crippen LogP contribution in [0.5, 0.6) is 0 Å². The smallest absolute Gasteiger partial charge is 0.334 e. The first-order chi connectivity index (χ1) is 12.7. The van der Waals surface area contributed by atoms with Crippen molar-refractivity contribution in [2.24, 2.45) is 0 Å². The molecule has 0 bridgehead atoms. The van der Waals surface area contributed by atoms with Crippen molar-refractivity contribution in [2.75, 3.05) is 10.6 Å². The van der Waals surface area contributed by atoms with Gasteiger partial charge in [0.1, 0.15) is 6.33 Å². The fourth-order valence-corrected chi connectivity index (χ4v) is 2.99. The van der Waals surface area contributed by atoms with Crippen LogP contribution in [0.2, 0.25) is 0 Å². The Morgan fingerprint density at radius 1 is 0.962 bits per heavy atom. The molecule has 0 saturated heterocycles. The first-order valence-electron chi connectivity index (χ1n) is 7.49. The number of nitro groups is 1. The maximum Gasteiger partial charge on any atom is 0.353 e. The summed E-state index contributed by atoms with van der Waals surface area (Å²) in [4.78, 5) is 27.5. The van der Waals surface area contributed by atoms with Gasteiger partial charge in [0, 0.05) is 28.8 Å². The lowest BCUT2D eigenvalue weighted by Gasteiger charge is -2.10. The second-order valence-electron chi connectivity index (χ2n) is 5.14. The molecule has 0 fully saturated rings. The Labute approximate surface area is 150 Å². The minimum atomic E-state index is -0.526. The predicted molar refractivity (Wildman–Crippen MR) is 99.1 cm³/mol. The summed E-state index contributed by atoms with van der Waals surface area (Å²) in [6.07, 6.45) is 4.55. The Balaban J connectivity index is 1.77. The third-order valence-corrected chi connectivity index (χ3v) is 4.25. The molecule has 10 heteroatoms. The second-order valence-corrected chi connectivity index (χ2v) is 6.03. The number of rotatable bonds is 5. The largest absolute Gasteiger partial charge is 0.353 e. The molecule has 26 heavy (non-hydrogen) atoms.